The van der Waals surface area contributed by atoms with Gasteiger partial charge in [0.25, 0.3) is 0 Å². The molecule has 0 saturated heterocycles. The maximum absolute atomic E-state index is 6.40. The van der Waals surface area contributed by atoms with E-state index in [1.165, 1.54) is 113 Å². The molecule has 4 N–H and O–H groups in total. The van der Waals surface area contributed by atoms with E-state index in [9.17, 15) is 0 Å². The van der Waals surface area contributed by atoms with Crippen molar-refractivity contribution in [3.05, 3.63) is 11.6 Å². The van der Waals surface area contributed by atoms with E-state index in [1.54, 1.807) is 0 Å². The van der Waals surface area contributed by atoms with Gasteiger partial charge in [-0.1, -0.05) is 104 Å². The van der Waals surface area contributed by atoms with Crippen molar-refractivity contribution in [3.63, 3.8) is 0 Å². The molecule has 0 amide bonds. The summed E-state index contributed by atoms with van der Waals surface area (Å²) in [4.78, 5) is 2.46. The summed E-state index contributed by atoms with van der Waals surface area (Å²) < 4.78 is 0. The molecular formula is C27H50N2S2. The van der Waals surface area contributed by atoms with Gasteiger partial charge in [-0.05, 0) is 42.9 Å². The lowest BCUT2D eigenvalue weighted by atomic mass is 10.1. The van der Waals surface area contributed by atoms with Crippen LogP contribution in [0.15, 0.2) is 15.9 Å². The highest BCUT2D eigenvalue weighted by molar-refractivity contribution is 8.00. The lowest BCUT2D eigenvalue weighted by Gasteiger charge is -2.15. The van der Waals surface area contributed by atoms with E-state index in [4.69, 9.17) is 11.5 Å². The maximum atomic E-state index is 6.40. The highest BCUT2D eigenvalue weighted by atomic mass is 32.2. The second kappa shape index (κ2) is 19.0. The molecule has 0 aliphatic rings. The second-order valence-corrected chi connectivity index (χ2v) is 11.2. The summed E-state index contributed by atoms with van der Waals surface area (Å²) in [5.41, 5.74) is 15.6. The molecule has 0 unspecified atom stereocenters. The first-order valence-electron chi connectivity index (χ1n) is 13.1. The zero-order chi connectivity index (χ0) is 22.7. The Balaban J connectivity index is 2.30. The van der Waals surface area contributed by atoms with Crippen LogP contribution in [0.1, 0.15) is 122 Å². The molecule has 4 heteroatoms. The van der Waals surface area contributed by atoms with Crippen molar-refractivity contribution >= 4 is 34.9 Å². The Morgan fingerprint density at radius 1 is 0.548 bits per heavy atom. The zero-order valence-corrected chi connectivity index (χ0v) is 22.4. The van der Waals surface area contributed by atoms with Crippen LogP contribution in [0.3, 0.4) is 0 Å². The fourth-order valence-corrected chi connectivity index (χ4v) is 6.10. The van der Waals surface area contributed by atoms with Crippen LogP contribution in [0.5, 0.6) is 0 Å². The molecule has 0 aliphatic carbocycles. The number of nitrogen functional groups attached to an aromatic ring is 2. The topological polar surface area (TPSA) is 52.0 Å². The molecule has 1 rings (SSSR count). The standard InChI is InChI=1S/C27H50N2S2/c1-4-6-8-10-12-14-16-18-20-30-24-22-25(27(29)23(3)26(24)28)31-21-19-17-15-13-11-9-7-5-2/h22H,4-21,28-29H2,1-3H3. The van der Waals surface area contributed by atoms with Crippen LogP contribution >= 0.6 is 23.5 Å². The van der Waals surface area contributed by atoms with Gasteiger partial charge < -0.3 is 11.5 Å². The van der Waals surface area contributed by atoms with Gasteiger partial charge >= 0.3 is 0 Å². The molecule has 0 atom stereocenters. The Morgan fingerprint density at radius 3 is 1.23 bits per heavy atom. The Bertz CT molecular complexity index is 529. The summed E-state index contributed by atoms with van der Waals surface area (Å²) in [6.07, 6.45) is 21.9. The summed E-state index contributed by atoms with van der Waals surface area (Å²) in [5.74, 6) is 2.31. The smallest absolute Gasteiger partial charge is 0.0503 e. The van der Waals surface area contributed by atoms with Crippen molar-refractivity contribution in [1.29, 1.82) is 0 Å². The zero-order valence-electron chi connectivity index (χ0n) is 20.8. The van der Waals surface area contributed by atoms with Crippen molar-refractivity contribution in [2.24, 2.45) is 0 Å². The van der Waals surface area contributed by atoms with Gasteiger partial charge in [0.05, 0.1) is 11.4 Å². The summed E-state index contributed by atoms with van der Waals surface area (Å²) in [5, 5.41) is 0. The normalized spacial score (nSPS) is 11.3. The number of nitrogens with two attached hydrogens (primary N) is 2. The lowest BCUT2D eigenvalue weighted by Crippen LogP contribution is -2.01. The first-order chi connectivity index (χ1) is 15.1. The van der Waals surface area contributed by atoms with Gasteiger partial charge in [-0.3, -0.25) is 0 Å². The largest absolute Gasteiger partial charge is 0.398 e. The summed E-state index contributed by atoms with van der Waals surface area (Å²) >= 11 is 3.84. The van der Waals surface area contributed by atoms with E-state index in [-0.39, 0.29) is 0 Å². The quantitative estimate of drug-likeness (QED) is 0.114. The van der Waals surface area contributed by atoms with E-state index in [0.717, 1.165) is 28.4 Å². The monoisotopic (exact) mass is 466 g/mol. The molecular weight excluding hydrogens is 416 g/mol. The summed E-state index contributed by atoms with van der Waals surface area (Å²) in [6, 6.07) is 2.25. The van der Waals surface area contributed by atoms with Crippen molar-refractivity contribution in [2.45, 2.75) is 133 Å². The molecule has 0 radical (unpaired) electrons. The van der Waals surface area contributed by atoms with Gasteiger partial charge in [-0.2, -0.15) is 0 Å². The number of hydrogen-bond donors (Lipinski definition) is 2. The van der Waals surface area contributed by atoms with Crippen LogP contribution in [0.4, 0.5) is 11.4 Å². The molecule has 0 spiro atoms. The maximum Gasteiger partial charge on any atom is 0.0503 e. The second-order valence-electron chi connectivity index (χ2n) is 8.97. The molecule has 0 aromatic heterocycles. The minimum atomic E-state index is 0.887. The highest BCUT2D eigenvalue weighted by Crippen LogP contribution is 2.39. The van der Waals surface area contributed by atoms with Gasteiger partial charge in [0.2, 0.25) is 0 Å². The van der Waals surface area contributed by atoms with Crippen molar-refractivity contribution < 1.29 is 0 Å². The number of benzene rings is 1. The van der Waals surface area contributed by atoms with E-state index < -0.39 is 0 Å². The third-order valence-corrected chi connectivity index (χ3v) is 8.40. The molecule has 0 fully saturated rings. The Kier molecular flexibility index (Phi) is 17.5. The molecule has 0 saturated carbocycles. The number of anilines is 2. The molecule has 31 heavy (non-hydrogen) atoms. The lowest BCUT2D eigenvalue weighted by molar-refractivity contribution is 0.586. The highest BCUT2D eigenvalue weighted by Gasteiger charge is 2.12. The molecule has 1 aromatic rings. The van der Waals surface area contributed by atoms with Crippen molar-refractivity contribution in [1.82, 2.24) is 0 Å². The van der Waals surface area contributed by atoms with Crippen LogP contribution in [-0.4, -0.2) is 11.5 Å². The first-order valence-corrected chi connectivity index (χ1v) is 15.0. The average molecular weight is 467 g/mol. The summed E-state index contributed by atoms with van der Waals surface area (Å²) in [6.45, 7) is 6.63. The van der Waals surface area contributed by atoms with Crippen molar-refractivity contribution in [2.75, 3.05) is 23.0 Å². The SMILES string of the molecule is CCCCCCCCCCSc1cc(SCCCCCCCCCC)c(N)c(C)c1N. The number of unbranched alkanes of at least 4 members (excludes halogenated alkanes) is 14. The van der Waals surface area contributed by atoms with Crippen molar-refractivity contribution in [3.8, 4) is 0 Å². The predicted molar refractivity (Wildman–Crippen MR) is 147 cm³/mol. The fourth-order valence-electron chi connectivity index (χ4n) is 3.86. The number of hydrogen-bond acceptors (Lipinski definition) is 4. The minimum absolute atomic E-state index is 0.887. The molecule has 180 valence electrons. The predicted octanol–water partition coefficient (Wildman–Crippen LogP) is 9.63. The van der Waals surface area contributed by atoms with E-state index >= 15 is 0 Å². The fraction of sp³-hybridized carbons (Fsp3) is 0.778. The molecule has 0 bridgehead atoms. The Morgan fingerprint density at radius 2 is 0.871 bits per heavy atom. The Hall–Kier alpha value is -0.480. The molecule has 1 aromatic carbocycles. The molecule has 0 heterocycles. The third-order valence-electron chi connectivity index (χ3n) is 6.11. The van der Waals surface area contributed by atoms with E-state index in [2.05, 4.69) is 26.8 Å². The van der Waals surface area contributed by atoms with Crippen LogP contribution in [0, 0.1) is 6.92 Å². The van der Waals surface area contributed by atoms with Crippen LogP contribution in [-0.2, 0) is 0 Å². The first kappa shape index (κ1) is 28.6. The average Bonchev–Trinajstić information content (AvgIpc) is 2.77. The minimum Gasteiger partial charge on any atom is -0.398 e. The molecule has 2 nitrogen and oxygen atoms in total. The van der Waals surface area contributed by atoms with Gasteiger partial charge in [0, 0.05) is 9.79 Å². The third kappa shape index (κ3) is 13.0. The number of rotatable bonds is 20. The van der Waals surface area contributed by atoms with E-state index in [1.807, 2.05) is 23.5 Å². The molecule has 0 aliphatic heterocycles. The van der Waals surface area contributed by atoms with Gasteiger partial charge in [0.15, 0.2) is 0 Å². The Labute approximate surface area is 202 Å². The summed E-state index contributed by atoms with van der Waals surface area (Å²) in [7, 11) is 0. The number of thioether (sulfide) groups is 2. The van der Waals surface area contributed by atoms with Gasteiger partial charge in [0.1, 0.15) is 0 Å². The van der Waals surface area contributed by atoms with Crippen LogP contribution < -0.4 is 11.5 Å². The van der Waals surface area contributed by atoms with Crippen LogP contribution in [0.2, 0.25) is 0 Å². The van der Waals surface area contributed by atoms with E-state index in [0.29, 0.717) is 0 Å². The van der Waals surface area contributed by atoms with Gasteiger partial charge in [-0.15, -0.1) is 23.5 Å². The van der Waals surface area contributed by atoms with Gasteiger partial charge in [-0.25, -0.2) is 0 Å². The van der Waals surface area contributed by atoms with Crippen LogP contribution in [0.25, 0.3) is 0 Å².